The Labute approximate surface area is 145 Å². The van der Waals surface area contributed by atoms with Crippen LogP contribution in [0.15, 0.2) is 41.3 Å². The van der Waals surface area contributed by atoms with Gasteiger partial charge in [0.2, 0.25) is 5.75 Å². The summed E-state index contributed by atoms with van der Waals surface area (Å²) in [4.78, 5) is 10.9. The van der Waals surface area contributed by atoms with Gasteiger partial charge < -0.3 is 14.8 Å². The molecule has 0 atom stereocenters. The van der Waals surface area contributed by atoms with Gasteiger partial charge in [0.1, 0.15) is 11.6 Å². The standard InChI is InChI=1S/C16H18N2O6S/c1-11-4-6-12(7-5-11)25(21,22)10-17-13-8-9-14(23-2)16(24-3)15(13)18(19)20/h4-9,17H,10H2,1-3H3. The summed E-state index contributed by atoms with van der Waals surface area (Å²) in [5.41, 5.74) is 0.571. The van der Waals surface area contributed by atoms with E-state index in [9.17, 15) is 18.5 Å². The van der Waals surface area contributed by atoms with Crippen molar-refractivity contribution in [2.45, 2.75) is 11.8 Å². The summed E-state index contributed by atoms with van der Waals surface area (Å²) >= 11 is 0. The lowest BCUT2D eigenvalue weighted by Crippen LogP contribution is -2.16. The molecule has 25 heavy (non-hydrogen) atoms. The van der Waals surface area contributed by atoms with Crippen LogP contribution in [-0.2, 0) is 9.84 Å². The Morgan fingerprint density at radius 3 is 2.24 bits per heavy atom. The Bertz CT molecular complexity index is 878. The first kappa shape index (κ1) is 18.5. The number of sulfone groups is 1. The molecule has 0 saturated heterocycles. The first-order valence-electron chi connectivity index (χ1n) is 7.23. The van der Waals surface area contributed by atoms with Crippen LogP contribution in [-0.4, -0.2) is 33.4 Å². The van der Waals surface area contributed by atoms with Crippen molar-refractivity contribution in [1.82, 2.24) is 0 Å². The van der Waals surface area contributed by atoms with Crippen LogP contribution in [0.2, 0.25) is 0 Å². The van der Waals surface area contributed by atoms with Crippen LogP contribution >= 0.6 is 0 Å². The zero-order chi connectivity index (χ0) is 18.6. The number of methoxy groups -OCH3 is 2. The molecule has 2 aromatic carbocycles. The van der Waals surface area contributed by atoms with Crippen LogP contribution in [0.4, 0.5) is 11.4 Å². The minimum atomic E-state index is -3.66. The number of anilines is 1. The molecule has 0 aliphatic heterocycles. The van der Waals surface area contributed by atoms with Gasteiger partial charge in [-0.05, 0) is 31.2 Å². The van der Waals surface area contributed by atoms with E-state index in [2.05, 4.69) is 5.32 Å². The number of ether oxygens (including phenoxy) is 2. The molecule has 0 aromatic heterocycles. The van der Waals surface area contributed by atoms with E-state index in [-0.39, 0.29) is 27.8 Å². The van der Waals surface area contributed by atoms with Gasteiger partial charge in [0.05, 0.1) is 24.0 Å². The Morgan fingerprint density at radius 1 is 1.08 bits per heavy atom. The molecule has 0 unspecified atom stereocenters. The van der Waals surface area contributed by atoms with Crippen LogP contribution in [0.3, 0.4) is 0 Å². The van der Waals surface area contributed by atoms with Crippen molar-refractivity contribution in [2.24, 2.45) is 0 Å². The second kappa shape index (κ2) is 7.39. The number of nitrogens with one attached hydrogen (secondary N) is 1. The quantitative estimate of drug-likeness (QED) is 0.593. The van der Waals surface area contributed by atoms with E-state index >= 15 is 0 Å². The maximum Gasteiger partial charge on any atom is 0.337 e. The van der Waals surface area contributed by atoms with Crippen LogP contribution in [0, 0.1) is 17.0 Å². The molecule has 0 saturated carbocycles. The summed E-state index contributed by atoms with van der Waals surface area (Å²) in [6, 6.07) is 9.21. The average Bonchev–Trinajstić information content (AvgIpc) is 2.59. The van der Waals surface area contributed by atoms with Crippen LogP contribution < -0.4 is 14.8 Å². The smallest absolute Gasteiger partial charge is 0.337 e. The predicted octanol–water partition coefficient (Wildman–Crippen LogP) is 2.76. The van der Waals surface area contributed by atoms with Crippen LogP contribution in [0.25, 0.3) is 0 Å². The largest absolute Gasteiger partial charge is 0.493 e. The highest BCUT2D eigenvalue weighted by Gasteiger charge is 2.26. The second-order valence-electron chi connectivity index (χ2n) is 5.20. The summed E-state index contributed by atoms with van der Waals surface area (Å²) < 4.78 is 34.8. The normalized spacial score (nSPS) is 11.0. The number of hydrogen-bond donors (Lipinski definition) is 1. The van der Waals surface area contributed by atoms with Crippen molar-refractivity contribution in [3.8, 4) is 11.5 Å². The highest BCUT2D eigenvalue weighted by atomic mass is 32.2. The maximum atomic E-state index is 12.4. The molecule has 1 N–H and O–H groups in total. The van der Waals surface area contributed by atoms with Gasteiger partial charge in [-0.1, -0.05) is 17.7 Å². The molecule has 0 amide bonds. The van der Waals surface area contributed by atoms with Crippen molar-refractivity contribution in [1.29, 1.82) is 0 Å². The fourth-order valence-electron chi connectivity index (χ4n) is 2.24. The SMILES string of the molecule is COc1ccc(NCS(=O)(=O)c2ccc(C)cc2)c([N+](=O)[O-])c1OC. The van der Waals surface area contributed by atoms with Gasteiger partial charge in [-0.2, -0.15) is 0 Å². The molecule has 134 valence electrons. The van der Waals surface area contributed by atoms with E-state index in [4.69, 9.17) is 9.47 Å². The summed E-state index contributed by atoms with van der Waals surface area (Å²) in [5.74, 6) is -0.391. The van der Waals surface area contributed by atoms with E-state index in [1.54, 1.807) is 12.1 Å². The van der Waals surface area contributed by atoms with Crippen LogP contribution in [0.1, 0.15) is 5.56 Å². The third-order valence-corrected chi connectivity index (χ3v) is 5.05. The number of aryl methyl sites for hydroxylation is 1. The molecular formula is C16H18N2O6S. The van der Waals surface area contributed by atoms with E-state index in [0.29, 0.717) is 0 Å². The average molecular weight is 366 g/mol. The number of nitro benzene ring substituents is 1. The van der Waals surface area contributed by atoms with Crippen molar-refractivity contribution < 1.29 is 22.8 Å². The highest BCUT2D eigenvalue weighted by molar-refractivity contribution is 7.91. The minimum Gasteiger partial charge on any atom is -0.493 e. The zero-order valence-electron chi connectivity index (χ0n) is 14.0. The van der Waals surface area contributed by atoms with E-state index in [0.717, 1.165) is 5.56 Å². The number of nitro groups is 1. The Balaban J connectivity index is 2.34. The van der Waals surface area contributed by atoms with Gasteiger partial charge in [0.15, 0.2) is 15.6 Å². The lowest BCUT2D eigenvalue weighted by molar-refractivity contribution is -0.384. The van der Waals surface area contributed by atoms with Crippen molar-refractivity contribution >= 4 is 21.2 Å². The van der Waals surface area contributed by atoms with Crippen molar-refractivity contribution in [2.75, 3.05) is 25.4 Å². The molecule has 0 radical (unpaired) electrons. The Morgan fingerprint density at radius 2 is 1.72 bits per heavy atom. The topological polar surface area (TPSA) is 108 Å². The minimum absolute atomic E-state index is 0.0262. The van der Waals surface area contributed by atoms with Gasteiger partial charge in [0, 0.05) is 0 Å². The first-order valence-corrected chi connectivity index (χ1v) is 8.88. The molecule has 0 aliphatic carbocycles. The lowest BCUT2D eigenvalue weighted by atomic mass is 10.2. The molecule has 0 spiro atoms. The van der Waals surface area contributed by atoms with E-state index < -0.39 is 20.6 Å². The molecule has 0 bridgehead atoms. The van der Waals surface area contributed by atoms with Crippen molar-refractivity contribution in [3.63, 3.8) is 0 Å². The Hall–Kier alpha value is -2.81. The third-order valence-electron chi connectivity index (χ3n) is 3.53. The van der Waals surface area contributed by atoms with E-state index in [1.807, 2.05) is 6.92 Å². The molecular weight excluding hydrogens is 348 g/mol. The molecule has 2 aromatic rings. The summed E-state index contributed by atoms with van der Waals surface area (Å²) in [6.07, 6.45) is 0. The lowest BCUT2D eigenvalue weighted by Gasteiger charge is -2.13. The number of nitrogens with zero attached hydrogens (tertiary/aromatic N) is 1. The molecule has 0 fully saturated rings. The summed E-state index contributed by atoms with van der Waals surface area (Å²) in [7, 11) is -1.03. The van der Waals surface area contributed by atoms with E-state index in [1.165, 1.54) is 38.5 Å². The van der Waals surface area contributed by atoms with Gasteiger partial charge in [-0.25, -0.2) is 8.42 Å². The highest BCUT2D eigenvalue weighted by Crippen LogP contribution is 2.42. The molecule has 0 aliphatic rings. The zero-order valence-corrected chi connectivity index (χ0v) is 14.8. The third kappa shape index (κ3) is 4.00. The molecule has 0 heterocycles. The second-order valence-corrected chi connectivity index (χ2v) is 7.19. The van der Waals surface area contributed by atoms with Gasteiger partial charge in [-0.15, -0.1) is 0 Å². The van der Waals surface area contributed by atoms with Crippen LogP contribution in [0.5, 0.6) is 11.5 Å². The maximum absolute atomic E-state index is 12.4. The molecule has 9 heteroatoms. The van der Waals surface area contributed by atoms with Gasteiger partial charge in [0.25, 0.3) is 0 Å². The fourth-order valence-corrected chi connectivity index (χ4v) is 3.30. The Kier molecular flexibility index (Phi) is 5.48. The molecule has 2 rings (SSSR count). The molecule has 8 nitrogen and oxygen atoms in total. The monoisotopic (exact) mass is 366 g/mol. The summed E-state index contributed by atoms with van der Waals surface area (Å²) in [5, 5.41) is 14.0. The first-order chi connectivity index (χ1) is 11.8. The summed E-state index contributed by atoms with van der Waals surface area (Å²) in [6.45, 7) is 1.85. The van der Waals surface area contributed by atoms with Crippen molar-refractivity contribution in [3.05, 3.63) is 52.1 Å². The van der Waals surface area contributed by atoms with Gasteiger partial charge in [-0.3, -0.25) is 10.1 Å². The fraction of sp³-hybridized carbons (Fsp3) is 0.250. The number of rotatable bonds is 7. The number of benzene rings is 2. The number of hydrogen-bond acceptors (Lipinski definition) is 7. The van der Waals surface area contributed by atoms with Gasteiger partial charge >= 0.3 is 5.69 Å². The predicted molar refractivity (Wildman–Crippen MR) is 93.1 cm³/mol.